The van der Waals surface area contributed by atoms with Gasteiger partial charge in [-0.1, -0.05) is 0 Å². The second-order valence-electron chi connectivity index (χ2n) is 4.52. The number of hydrogen-bond acceptors (Lipinski definition) is 2. The van der Waals surface area contributed by atoms with Crippen LogP contribution in [0.15, 0.2) is 0 Å². The van der Waals surface area contributed by atoms with Crippen molar-refractivity contribution in [3.63, 3.8) is 0 Å². The monoisotopic (exact) mass is 226 g/mol. The maximum Gasteiger partial charge on any atom is 0.394 e. The van der Waals surface area contributed by atoms with Gasteiger partial charge in [0.1, 0.15) is 0 Å². The van der Waals surface area contributed by atoms with E-state index in [2.05, 4.69) is 0 Å². The van der Waals surface area contributed by atoms with Crippen molar-refractivity contribution in [1.29, 1.82) is 0 Å². The fourth-order valence-electron chi connectivity index (χ4n) is 1.57. The predicted molar refractivity (Wildman–Crippen MR) is 49.4 cm³/mol. The van der Waals surface area contributed by atoms with E-state index in [0.717, 1.165) is 0 Å². The smallest absolute Gasteiger partial charge is 0.391 e. The number of ether oxygens (including phenoxy) is 1. The molecule has 15 heavy (non-hydrogen) atoms. The van der Waals surface area contributed by atoms with Gasteiger partial charge in [0.05, 0.1) is 24.2 Å². The average molecular weight is 226 g/mol. The molecule has 0 aromatic rings. The molecular weight excluding hydrogens is 209 g/mol. The van der Waals surface area contributed by atoms with Gasteiger partial charge in [-0.3, -0.25) is 0 Å². The minimum absolute atomic E-state index is 0.0184. The molecule has 1 fully saturated rings. The van der Waals surface area contributed by atoms with Gasteiger partial charge in [0.15, 0.2) is 0 Å². The summed E-state index contributed by atoms with van der Waals surface area (Å²) in [6, 6.07) is 0. The second kappa shape index (κ2) is 4.29. The van der Waals surface area contributed by atoms with Crippen LogP contribution in [0.5, 0.6) is 0 Å². The minimum atomic E-state index is -4.19. The van der Waals surface area contributed by atoms with Crippen molar-refractivity contribution in [3.05, 3.63) is 0 Å². The highest BCUT2D eigenvalue weighted by molar-refractivity contribution is 5.00. The topological polar surface area (TPSA) is 29.5 Å². The molecule has 0 heterocycles. The Bertz CT molecular complexity index is 209. The van der Waals surface area contributed by atoms with E-state index in [1.165, 1.54) is 0 Å². The molecule has 90 valence electrons. The van der Waals surface area contributed by atoms with Crippen LogP contribution in [0.1, 0.15) is 33.1 Å². The third kappa shape index (κ3) is 3.34. The van der Waals surface area contributed by atoms with Crippen LogP contribution >= 0.6 is 0 Å². The standard InChI is InChI=1S/C10H17F3O2/c1-7(2)15-6-8(14)5-9(3-4-9)10(11,12)13/h7-8,14H,3-6H2,1-2H3. The third-order valence-electron chi connectivity index (χ3n) is 2.70. The summed E-state index contributed by atoms with van der Waals surface area (Å²) >= 11 is 0. The quantitative estimate of drug-likeness (QED) is 0.780. The van der Waals surface area contributed by atoms with Gasteiger partial charge >= 0.3 is 6.18 Å². The molecule has 0 bridgehead atoms. The van der Waals surface area contributed by atoms with Gasteiger partial charge in [-0.05, 0) is 33.1 Å². The predicted octanol–water partition coefficient (Wildman–Crippen LogP) is 2.50. The highest BCUT2D eigenvalue weighted by Gasteiger charge is 2.63. The lowest BCUT2D eigenvalue weighted by Crippen LogP contribution is -2.31. The molecule has 1 aliphatic carbocycles. The van der Waals surface area contributed by atoms with Crippen LogP contribution in [0.3, 0.4) is 0 Å². The molecule has 5 heteroatoms. The Hall–Kier alpha value is -0.290. The van der Waals surface area contributed by atoms with Crippen LogP contribution in [-0.2, 0) is 4.74 Å². The maximum absolute atomic E-state index is 12.5. The lowest BCUT2D eigenvalue weighted by molar-refractivity contribution is -0.196. The Labute approximate surface area is 87.4 Å². The highest BCUT2D eigenvalue weighted by atomic mass is 19.4. The summed E-state index contributed by atoms with van der Waals surface area (Å²) in [5.41, 5.74) is -1.63. The van der Waals surface area contributed by atoms with E-state index in [9.17, 15) is 18.3 Å². The molecule has 0 amide bonds. The van der Waals surface area contributed by atoms with Crippen LogP contribution < -0.4 is 0 Å². The van der Waals surface area contributed by atoms with Gasteiger partial charge in [0, 0.05) is 0 Å². The van der Waals surface area contributed by atoms with Crippen molar-refractivity contribution >= 4 is 0 Å². The average Bonchev–Trinajstić information content (AvgIpc) is 2.80. The number of rotatable bonds is 5. The molecular formula is C10H17F3O2. The van der Waals surface area contributed by atoms with Crippen molar-refractivity contribution in [3.8, 4) is 0 Å². The molecule has 0 spiro atoms. The number of alkyl halides is 3. The molecule has 1 aliphatic rings. The van der Waals surface area contributed by atoms with Gasteiger partial charge in [-0.2, -0.15) is 13.2 Å². The number of hydrogen-bond donors (Lipinski definition) is 1. The second-order valence-corrected chi connectivity index (χ2v) is 4.52. The zero-order valence-corrected chi connectivity index (χ0v) is 8.97. The van der Waals surface area contributed by atoms with E-state index in [1.54, 1.807) is 13.8 Å². The largest absolute Gasteiger partial charge is 0.394 e. The fraction of sp³-hybridized carbons (Fsp3) is 1.00. The molecule has 1 saturated carbocycles. The van der Waals surface area contributed by atoms with E-state index in [4.69, 9.17) is 4.74 Å². The Morgan fingerprint density at radius 2 is 1.87 bits per heavy atom. The van der Waals surface area contributed by atoms with Crippen molar-refractivity contribution < 1.29 is 23.0 Å². The summed E-state index contributed by atoms with van der Waals surface area (Å²) in [4.78, 5) is 0. The molecule has 1 N–H and O–H groups in total. The first-order valence-electron chi connectivity index (χ1n) is 5.13. The Morgan fingerprint density at radius 1 is 1.33 bits per heavy atom. The Balaban J connectivity index is 2.35. The van der Waals surface area contributed by atoms with Crippen LogP contribution in [-0.4, -0.2) is 30.1 Å². The van der Waals surface area contributed by atoms with Crippen molar-refractivity contribution in [2.75, 3.05) is 6.61 Å². The van der Waals surface area contributed by atoms with Gasteiger partial charge in [0.2, 0.25) is 0 Å². The van der Waals surface area contributed by atoms with Gasteiger partial charge < -0.3 is 9.84 Å². The number of halogens is 3. The van der Waals surface area contributed by atoms with Gasteiger partial charge in [-0.15, -0.1) is 0 Å². The summed E-state index contributed by atoms with van der Waals surface area (Å²) in [7, 11) is 0. The molecule has 1 rings (SSSR count). The molecule has 0 saturated heterocycles. The summed E-state index contributed by atoms with van der Waals surface area (Å²) in [6.45, 7) is 3.54. The Morgan fingerprint density at radius 3 is 2.20 bits per heavy atom. The summed E-state index contributed by atoms with van der Waals surface area (Å²) in [5, 5.41) is 9.41. The fourth-order valence-corrected chi connectivity index (χ4v) is 1.57. The van der Waals surface area contributed by atoms with Gasteiger partial charge in [0.25, 0.3) is 0 Å². The maximum atomic E-state index is 12.5. The Kier molecular flexibility index (Phi) is 3.66. The van der Waals surface area contributed by atoms with Crippen LogP contribution in [0.25, 0.3) is 0 Å². The van der Waals surface area contributed by atoms with Crippen LogP contribution in [0.2, 0.25) is 0 Å². The van der Waals surface area contributed by atoms with Gasteiger partial charge in [-0.25, -0.2) is 0 Å². The van der Waals surface area contributed by atoms with E-state index < -0.39 is 17.7 Å². The lowest BCUT2D eigenvalue weighted by Gasteiger charge is -2.22. The lowest BCUT2D eigenvalue weighted by atomic mass is 9.98. The normalized spacial score (nSPS) is 21.8. The zero-order chi connectivity index (χ0) is 11.7. The van der Waals surface area contributed by atoms with Crippen LogP contribution in [0, 0.1) is 5.41 Å². The van der Waals surface area contributed by atoms with Crippen molar-refractivity contribution in [1.82, 2.24) is 0 Å². The summed E-state index contributed by atoms with van der Waals surface area (Å²) in [6.07, 6.45) is -5.24. The molecule has 1 atom stereocenters. The minimum Gasteiger partial charge on any atom is -0.391 e. The summed E-state index contributed by atoms with van der Waals surface area (Å²) in [5.74, 6) is 0. The molecule has 0 radical (unpaired) electrons. The number of aliphatic hydroxyl groups is 1. The van der Waals surface area contributed by atoms with E-state index >= 15 is 0 Å². The SMILES string of the molecule is CC(C)OCC(O)CC1(C(F)(F)F)CC1. The molecule has 1 unspecified atom stereocenters. The molecule has 0 aliphatic heterocycles. The van der Waals surface area contributed by atoms with Crippen LogP contribution in [0.4, 0.5) is 13.2 Å². The first-order valence-corrected chi connectivity index (χ1v) is 5.13. The van der Waals surface area contributed by atoms with Crippen molar-refractivity contribution in [2.45, 2.75) is 51.5 Å². The zero-order valence-electron chi connectivity index (χ0n) is 8.97. The molecule has 0 aromatic heterocycles. The van der Waals surface area contributed by atoms with Crippen molar-refractivity contribution in [2.24, 2.45) is 5.41 Å². The van der Waals surface area contributed by atoms with E-state index in [1.807, 2.05) is 0 Å². The first-order chi connectivity index (χ1) is 6.77. The summed E-state index contributed by atoms with van der Waals surface area (Å²) < 4.78 is 42.6. The first kappa shape index (κ1) is 12.8. The third-order valence-corrected chi connectivity index (χ3v) is 2.70. The molecule has 2 nitrogen and oxygen atoms in total. The van der Waals surface area contributed by atoms with E-state index in [0.29, 0.717) is 0 Å². The number of aliphatic hydroxyl groups excluding tert-OH is 1. The van der Waals surface area contributed by atoms with E-state index in [-0.39, 0.29) is 32.0 Å². The molecule has 0 aromatic carbocycles. The highest BCUT2D eigenvalue weighted by Crippen LogP contribution is 2.60.